The molecule has 138 valence electrons. The fourth-order valence-corrected chi connectivity index (χ4v) is 2.95. The lowest BCUT2D eigenvalue weighted by Crippen LogP contribution is -2.37. The minimum Gasteiger partial charge on any atom is -0.320 e. The molecule has 27 heavy (non-hydrogen) atoms. The van der Waals surface area contributed by atoms with Crippen LogP contribution in [0.2, 0.25) is 0 Å². The molecule has 0 unspecified atom stereocenters. The van der Waals surface area contributed by atoms with Crippen LogP contribution in [-0.2, 0) is 15.8 Å². The molecule has 1 amide bonds. The summed E-state index contributed by atoms with van der Waals surface area (Å²) < 4.78 is 39.7. The van der Waals surface area contributed by atoms with Crippen molar-refractivity contribution < 1.29 is 32.4 Å². The molecular formula is C17H8BrF3N2O4. The van der Waals surface area contributed by atoms with E-state index in [0.717, 1.165) is 12.1 Å². The zero-order chi connectivity index (χ0) is 19.8. The van der Waals surface area contributed by atoms with Gasteiger partial charge in [-0.25, -0.2) is 4.79 Å². The number of hydrogen-bond acceptors (Lipinski definition) is 5. The van der Waals surface area contributed by atoms with Gasteiger partial charge in [-0.05, 0) is 24.3 Å². The number of alkyl halides is 3. The van der Waals surface area contributed by atoms with Gasteiger partial charge in [0.15, 0.2) is 0 Å². The number of carbonyl (C=O) groups is 3. The van der Waals surface area contributed by atoms with Crippen LogP contribution in [0.5, 0.6) is 0 Å². The zero-order valence-corrected chi connectivity index (χ0v) is 14.7. The number of rotatable bonds is 2. The van der Waals surface area contributed by atoms with E-state index in [1.807, 2.05) is 0 Å². The maximum atomic E-state index is 13.3. The van der Waals surface area contributed by atoms with Gasteiger partial charge in [0.05, 0.1) is 22.4 Å². The second-order valence-corrected chi connectivity index (χ2v) is 6.16. The molecule has 0 saturated carbocycles. The first-order chi connectivity index (χ1) is 12.7. The first kappa shape index (κ1) is 18.8. The van der Waals surface area contributed by atoms with Crippen LogP contribution in [0.3, 0.4) is 0 Å². The molecule has 0 fully saturated rings. The van der Waals surface area contributed by atoms with E-state index in [2.05, 4.69) is 31.2 Å². The number of halogens is 4. The Morgan fingerprint density at radius 1 is 1.07 bits per heavy atom. The van der Waals surface area contributed by atoms with Crippen LogP contribution in [0.25, 0.3) is 0 Å². The van der Waals surface area contributed by atoms with Gasteiger partial charge in [0.2, 0.25) is 11.5 Å². The highest BCUT2D eigenvalue weighted by molar-refractivity contribution is 9.10. The molecule has 1 N–H and O–H groups in total. The molecule has 0 aromatic heterocycles. The minimum absolute atomic E-state index is 0.0876. The first-order valence-corrected chi connectivity index (χ1v) is 8.09. The quantitative estimate of drug-likeness (QED) is 0.568. The van der Waals surface area contributed by atoms with E-state index in [4.69, 9.17) is 0 Å². The van der Waals surface area contributed by atoms with Crippen LogP contribution in [-0.4, -0.2) is 23.4 Å². The second kappa shape index (κ2) is 6.95. The number of amides is 1. The topological polar surface area (TPSA) is 84.8 Å². The van der Waals surface area contributed by atoms with Gasteiger partial charge in [-0.3, -0.25) is 9.59 Å². The smallest absolute Gasteiger partial charge is 0.320 e. The van der Waals surface area contributed by atoms with Gasteiger partial charge in [0.25, 0.3) is 5.91 Å². The maximum absolute atomic E-state index is 13.3. The number of nitrogens with one attached hydrogen (secondary N) is 1. The van der Waals surface area contributed by atoms with Crippen molar-refractivity contribution in [3.63, 3.8) is 0 Å². The summed E-state index contributed by atoms with van der Waals surface area (Å²) in [4.78, 5) is 40.9. The van der Waals surface area contributed by atoms with E-state index in [1.54, 1.807) is 18.2 Å². The Morgan fingerprint density at radius 2 is 1.74 bits per heavy atom. The maximum Gasteiger partial charge on any atom is 0.418 e. The SMILES string of the molecule is O=C1Nc2ccc(Br)c(C(F)(F)F)c2C(=O)C1=NOC(=O)c1ccccc1. The van der Waals surface area contributed by atoms with E-state index in [0.29, 0.717) is 0 Å². The second-order valence-electron chi connectivity index (χ2n) is 5.31. The Bertz CT molecular complexity index is 988. The van der Waals surface area contributed by atoms with Gasteiger partial charge in [0.1, 0.15) is 0 Å². The van der Waals surface area contributed by atoms with Crippen LogP contribution in [0.15, 0.2) is 52.1 Å². The van der Waals surface area contributed by atoms with Crippen LogP contribution in [0.1, 0.15) is 26.3 Å². The highest BCUT2D eigenvalue weighted by Crippen LogP contribution is 2.41. The number of anilines is 1. The molecule has 0 aliphatic carbocycles. The molecule has 2 aromatic rings. The Morgan fingerprint density at radius 3 is 2.37 bits per heavy atom. The first-order valence-electron chi connectivity index (χ1n) is 7.30. The summed E-state index contributed by atoms with van der Waals surface area (Å²) in [6.45, 7) is 0. The van der Waals surface area contributed by atoms with Crippen LogP contribution in [0, 0.1) is 0 Å². The summed E-state index contributed by atoms with van der Waals surface area (Å²) in [5, 5.41) is 5.34. The molecular weight excluding hydrogens is 433 g/mol. The summed E-state index contributed by atoms with van der Waals surface area (Å²) in [5.74, 6) is -3.35. The van der Waals surface area contributed by atoms with Crippen molar-refractivity contribution in [3.05, 3.63) is 63.6 Å². The molecule has 0 saturated heterocycles. The fourth-order valence-electron chi connectivity index (χ4n) is 2.39. The molecule has 0 bridgehead atoms. The van der Waals surface area contributed by atoms with E-state index in [9.17, 15) is 27.6 Å². The molecule has 6 nitrogen and oxygen atoms in total. The van der Waals surface area contributed by atoms with Gasteiger partial charge in [-0.2, -0.15) is 13.2 Å². The number of benzene rings is 2. The fraction of sp³-hybridized carbons (Fsp3) is 0.0588. The Hall–Kier alpha value is -3.01. The molecule has 3 rings (SSSR count). The van der Waals surface area contributed by atoms with E-state index in [-0.39, 0.29) is 15.7 Å². The molecule has 1 heterocycles. The van der Waals surface area contributed by atoms with Crippen LogP contribution < -0.4 is 5.32 Å². The summed E-state index contributed by atoms with van der Waals surface area (Å²) >= 11 is 2.76. The lowest BCUT2D eigenvalue weighted by atomic mass is 9.94. The molecule has 10 heteroatoms. The number of carbonyl (C=O) groups excluding carboxylic acids is 3. The van der Waals surface area contributed by atoms with E-state index >= 15 is 0 Å². The van der Waals surface area contributed by atoms with Crippen molar-refractivity contribution in [1.29, 1.82) is 0 Å². The average Bonchev–Trinajstić information content (AvgIpc) is 2.61. The molecule has 1 aliphatic heterocycles. The number of oxime groups is 1. The number of fused-ring (bicyclic) bond motifs is 1. The molecule has 0 spiro atoms. The van der Waals surface area contributed by atoms with Crippen LogP contribution >= 0.6 is 15.9 Å². The van der Waals surface area contributed by atoms with Gasteiger partial charge in [-0.1, -0.05) is 39.3 Å². The number of hydrogen-bond donors (Lipinski definition) is 1. The van der Waals surface area contributed by atoms with Crippen molar-refractivity contribution in [1.82, 2.24) is 0 Å². The summed E-state index contributed by atoms with van der Waals surface area (Å²) in [6, 6.07) is 9.76. The Kier molecular flexibility index (Phi) is 4.83. The van der Waals surface area contributed by atoms with Gasteiger partial charge >= 0.3 is 12.1 Å². The van der Waals surface area contributed by atoms with Crippen molar-refractivity contribution in [2.75, 3.05) is 5.32 Å². The van der Waals surface area contributed by atoms with Crippen LogP contribution in [0.4, 0.5) is 18.9 Å². The summed E-state index contributed by atoms with van der Waals surface area (Å²) in [5.41, 5.74) is -3.23. The highest BCUT2D eigenvalue weighted by atomic mass is 79.9. The molecule has 1 aliphatic rings. The highest BCUT2D eigenvalue weighted by Gasteiger charge is 2.43. The largest absolute Gasteiger partial charge is 0.418 e. The predicted octanol–water partition coefficient (Wildman–Crippen LogP) is 3.82. The third-order valence-corrected chi connectivity index (χ3v) is 4.23. The van der Waals surface area contributed by atoms with Gasteiger partial charge in [-0.15, -0.1) is 0 Å². The molecule has 0 radical (unpaired) electrons. The summed E-state index contributed by atoms with van der Waals surface area (Å²) in [7, 11) is 0. The standard InChI is InChI=1S/C17H8BrF3N2O4/c18-9-6-7-10-11(12(9)17(19,20)21)14(24)13(15(25)22-10)23-27-16(26)8-4-2-1-3-5-8/h1-7H,(H,22,25). The minimum atomic E-state index is -4.87. The third kappa shape index (κ3) is 3.61. The summed E-state index contributed by atoms with van der Waals surface area (Å²) in [6.07, 6.45) is -4.87. The number of Topliss-reactive ketones (excluding diaryl/α,β-unsaturated/α-hetero) is 1. The normalized spacial score (nSPS) is 15.3. The lowest BCUT2D eigenvalue weighted by molar-refractivity contribution is -0.138. The monoisotopic (exact) mass is 440 g/mol. The van der Waals surface area contributed by atoms with Crippen molar-refractivity contribution in [2.24, 2.45) is 5.16 Å². The Labute approximate surface area is 158 Å². The average molecular weight is 441 g/mol. The number of nitrogens with zero attached hydrogens (tertiary/aromatic N) is 1. The van der Waals surface area contributed by atoms with Crippen molar-refractivity contribution in [2.45, 2.75) is 6.18 Å². The van der Waals surface area contributed by atoms with Crippen molar-refractivity contribution >= 4 is 45.0 Å². The third-order valence-electron chi connectivity index (χ3n) is 3.57. The van der Waals surface area contributed by atoms with E-state index < -0.39 is 40.7 Å². The van der Waals surface area contributed by atoms with E-state index in [1.165, 1.54) is 12.1 Å². The van der Waals surface area contributed by atoms with Crippen molar-refractivity contribution in [3.8, 4) is 0 Å². The molecule has 0 atom stereocenters. The van der Waals surface area contributed by atoms with Gasteiger partial charge < -0.3 is 10.2 Å². The molecule has 2 aromatic carbocycles. The van der Waals surface area contributed by atoms with Gasteiger partial charge in [0, 0.05) is 4.47 Å². The Balaban J connectivity index is 2.00. The zero-order valence-electron chi connectivity index (χ0n) is 13.1. The predicted molar refractivity (Wildman–Crippen MR) is 91.4 cm³/mol. The number of ketones is 1. The lowest BCUT2D eigenvalue weighted by Gasteiger charge is -2.21.